The first-order valence-corrected chi connectivity index (χ1v) is 11.3. The maximum atomic E-state index is 14.9. The first-order chi connectivity index (χ1) is 16.1. The molecule has 3 N–H and O–H groups in total. The Labute approximate surface area is 190 Å². The van der Waals surface area contributed by atoms with E-state index in [1.54, 1.807) is 12.4 Å². The summed E-state index contributed by atoms with van der Waals surface area (Å²) >= 11 is 0. The molecule has 1 aliphatic carbocycles. The van der Waals surface area contributed by atoms with Crippen molar-refractivity contribution in [1.29, 1.82) is 5.26 Å². The van der Waals surface area contributed by atoms with E-state index in [4.69, 9.17) is 0 Å². The van der Waals surface area contributed by atoms with Gasteiger partial charge in [0.05, 0.1) is 11.3 Å². The second kappa shape index (κ2) is 9.02. The van der Waals surface area contributed by atoms with E-state index in [-0.39, 0.29) is 29.5 Å². The van der Waals surface area contributed by atoms with Gasteiger partial charge in [0, 0.05) is 48.5 Å². The van der Waals surface area contributed by atoms with Crippen molar-refractivity contribution >= 4 is 22.9 Å². The standard InChI is InChI=1S/C23H25FN8O/c24-19-8-14(10-25)20(17-12-27-21-18(17)11-26-13-28-21)31-22(19)29-15-4-3-5-16(9-15)30-23(33)32-6-1-2-7-32/h8,11-13,15-16H,1-7,9H2,(H,29,31)(H,30,33)(H,26,27,28)/t15-,16+/m0/s1. The van der Waals surface area contributed by atoms with Crippen molar-refractivity contribution in [2.75, 3.05) is 18.4 Å². The second-order valence-electron chi connectivity index (χ2n) is 8.66. The highest BCUT2D eigenvalue weighted by molar-refractivity contribution is 5.93. The van der Waals surface area contributed by atoms with Gasteiger partial charge >= 0.3 is 6.03 Å². The van der Waals surface area contributed by atoms with Crippen LogP contribution in [-0.2, 0) is 0 Å². The van der Waals surface area contributed by atoms with Crippen molar-refractivity contribution in [3.63, 3.8) is 0 Å². The lowest BCUT2D eigenvalue weighted by atomic mass is 9.91. The molecule has 170 valence electrons. The Morgan fingerprint density at radius 2 is 2.06 bits per heavy atom. The molecule has 1 saturated carbocycles. The van der Waals surface area contributed by atoms with E-state index in [1.807, 2.05) is 11.0 Å². The summed E-state index contributed by atoms with van der Waals surface area (Å²) in [5, 5.41) is 16.6. The molecule has 2 amide bonds. The SMILES string of the molecule is N#Cc1cc(F)c(N[C@H]2CCC[C@@H](NC(=O)N3CCCC3)C2)nc1-c1c[nH]c2ncncc12. The third-order valence-corrected chi connectivity index (χ3v) is 6.44. The van der Waals surface area contributed by atoms with Gasteiger partial charge < -0.3 is 20.5 Å². The fourth-order valence-corrected chi connectivity index (χ4v) is 4.77. The maximum absolute atomic E-state index is 14.9. The number of H-pyrrole nitrogens is 1. The van der Waals surface area contributed by atoms with Gasteiger partial charge in [0.2, 0.25) is 0 Å². The number of nitrogens with zero attached hydrogens (tertiary/aromatic N) is 5. The molecule has 2 aliphatic rings. The number of halogens is 1. The van der Waals surface area contributed by atoms with Gasteiger partial charge in [0.15, 0.2) is 11.6 Å². The molecule has 3 aromatic heterocycles. The average Bonchev–Trinajstić information content (AvgIpc) is 3.51. The van der Waals surface area contributed by atoms with Crippen molar-refractivity contribution in [1.82, 2.24) is 30.2 Å². The minimum absolute atomic E-state index is 0.00957. The summed E-state index contributed by atoms with van der Waals surface area (Å²) in [5.41, 5.74) is 1.78. The number of aromatic nitrogens is 4. The van der Waals surface area contributed by atoms with E-state index in [0.717, 1.165) is 45.2 Å². The third kappa shape index (κ3) is 4.31. The number of nitrogens with one attached hydrogen (secondary N) is 3. The fraction of sp³-hybridized carbons (Fsp3) is 0.435. The van der Waals surface area contributed by atoms with Gasteiger partial charge in [-0.3, -0.25) is 0 Å². The number of pyridine rings is 1. The van der Waals surface area contributed by atoms with E-state index in [2.05, 4.69) is 30.6 Å². The summed E-state index contributed by atoms with van der Waals surface area (Å²) in [4.78, 5) is 30.1. The number of urea groups is 1. The Kier molecular flexibility index (Phi) is 5.77. The molecule has 9 nitrogen and oxygen atoms in total. The number of rotatable bonds is 4. The molecule has 0 aromatic carbocycles. The van der Waals surface area contributed by atoms with Crippen LogP contribution in [0.25, 0.3) is 22.3 Å². The minimum atomic E-state index is -0.574. The predicted molar refractivity (Wildman–Crippen MR) is 121 cm³/mol. The van der Waals surface area contributed by atoms with Gasteiger partial charge in [0.25, 0.3) is 0 Å². The maximum Gasteiger partial charge on any atom is 0.317 e. The molecule has 5 rings (SSSR count). The summed E-state index contributed by atoms with van der Waals surface area (Å²) in [6.07, 6.45) is 10.3. The second-order valence-corrected chi connectivity index (χ2v) is 8.66. The average molecular weight is 449 g/mol. The van der Waals surface area contributed by atoms with Crippen LogP contribution < -0.4 is 10.6 Å². The van der Waals surface area contributed by atoms with E-state index in [9.17, 15) is 14.4 Å². The van der Waals surface area contributed by atoms with E-state index in [1.165, 1.54) is 12.4 Å². The predicted octanol–water partition coefficient (Wildman–Crippen LogP) is 3.56. The van der Waals surface area contributed by atoms with Crippen LogP contribution in [-0.4, -0.2) is 56.0 Å². The lowest BCUT2D eigenvalue weighted by Crippen LogP contribution is -2.47. The number of hydrogen-bond donors (Lipinski definition) is 3. The Hall–Kier alpha value is -3.74. The first kappa shape index (κ1) is 21.1. The Bertz CT molecular complexity index is 1210. The molecule has 4 heterocycles. The number of anilines is 1. The van der Waals surface area contributed by atoms with E-state index < -0.39 is 5.82 Å². The number of carbonyl (C=O) groups is 1. The van der Waals surface area contributed by atoms with Crippen LogP contribution in [0.1, 0.15) is 44.1 Å². The van der Waals surface area contributed by atoms with Gasteiger partial charge in [0.1, 0.15) is 18.0 Å². The molecule has 0 spiro atoms. The monoisotopic (exact) mass is 448 g/mol. The molecule has 2 atom stereocenters. The minimum Gasteiger partial charge on any atom is -0.365 e. The molecular formula is C23H25FN8O. The van der Waals surface area contributed by atoms with Crippen molar-refractivity contribution < 1.29 is 9.18 Å². The van der Waals surface area contributed by atoms with Gasteiger partial charge in [-0.2, -0.15) is 5.26 Å². The van der Waals surface area contributed by atoms with Crippen molar-refractivity contribution in [2.24, 2.45) is 0 Å². The number of aromatic amines is 1. The van der Waals surface area contributed by atoms with Crippen LogP contribution in [0, 0.1) is 17.1 Å². The Morgan fingerprint density at radius 1 is 1.24 bits per heavy atom. The highest BCUT2D eigenvalue weighted by Crippen LogP contribution is 2.31. The van der Waals surface area contributed by atoms with Crippen LogP contribution in [0.15, 0.2) is 24.8 Å². The molecule has 0 bridgehead atoms. The van der Waals surface area contributed by atoms with Crippen LogP contribution in [0.5, 0.6) is 0 Å². The van der Waals surface area contributed by atoms with Crippen LogP contribution in [0.4, 0.5) is 15.0 Å². The molecule has 1 aliphatic heterocycles. The summed E-state index contributed by atoms with van der Waals surface area (Å²) < 4.78 is 14.9. The topological polar surface area (TPSA) is 123 Å². The normalized spacial score (nSPS) is 20.5. The highest BCUT2D eigenvalue weighted by atomic mass is 19.1. The van der Waals surface area contributed by atoms with E-state index in [0.29, 0.717) is 28.7 Å². The molecule has 0 radical (unpaired) electrons. The lowest BCUT2D eigenvalue weighted by molar-refractivity contribution is 0.199. The molecule has 2 fully saturated rings. The van der Waals surface area contributed by atoms with Crippen LogP contribution in [0.3, 0.4) is 0 Å². The number of nitriles is 1. The number of likely N-dealkylation sites (tertiary alicyclic amines) is 1. The zero-order valence-corrected chi connectivity index (χ0v) is 18.1. The zero-order chi connectivity index (χ0) is 22.8. The summed E-state index contributed by atoms with van der Waals surface area (Å²) in [6, 6.07) is 3.25. The number of hydrogen-bond acceptors (Lipinski definition) is 6. The summed E-state index contributed by atoms with van der Waals surface area (Å²) in [6.45, 7) is 1.62. The van der Waals surface area contributed by atoms with Gasteiger partial charge in [-0.05, 0) is 44.6 Å². The highest BCUT2D eigenvalue weighted by Gasteiger charge is 2.27. The largest absolute Gasteiger partial charge is 0.365 e. The first-order valence-electron chi connectivity index (χ1n) is 11.3. The summed E-state index contributed by atoms with van der Waals surface area (Å²) in [5.74, 6) is -0.471. The Balaban J connectivity index is 1.35. The smallest absolute Gasteiger partial charge is 0.317 e. The van der Waals surface area contributed by atoms with Crippen molar-refractivity contribution in [3.05, 3.63) is 36.2 Å². The number of fused-ring (bicyclic) bond motifs is 1. The van der Waals surface area contributed by atoms with Crippen molar-refractivity contribution in [3.8, 4) is 17.3 Å². The lowest BCUT2D eigenvalue weighted by Gasteiger charge is -2.32. The molecular weight excluding hydrogens is 423 g/mol. The summed E-state index contributed by atoms with van der Waals surface area (Å²) in [7, 11) is 0. The van der Waals surface area contributed by atoms with Gasteiger partial charge in [-0.15, -0.1) is 0 Å². The fourth-order valence-electron chi connectivity index (χ4n) is 4.77. The van der Waals surface area contributed by atoms with Gasteiger partial charge in [-0.25, -0.2) is 24.1 Å². The van der Waals surface area contributed by atoms with Crippen LogP contribution in [0.2, 0.25) is 0 Å². The van der Waals surface area contributed by atoms with Crippen molar-refractivity contribution in [2.45, 2.75) is 50.6 Å². The van der Waals surface area contributed by atoms with Gasteiger partial charge in [-0.1, -0.05) is 0 Å². The molecule has 33 heavy (non-hydrogen) atoms. The Morgan fingerprint density at radius 3 is 2.88 bits per heavy atom. The van der Waals surface area contributed by atoms with Crippen LogP contribution >= 0.6 is 0 Å². The molecule has 1 saturated heterocycles. The number of amides is 2. The zero-order valence-electron chi connectivity index (χ0n) is 18.1. The number of carbonyl (C=O) groups excluding carboxylic acids is 1. The third-order valence-electron chi connectivity index (χ3n) is 6.44. The molecule has 0 unspecified atom stereocenters. The molecule has 3 aromatic rings. The molecule has 10 heteroatoms. The quantitative estimate of drug-likeness (QED) is 0.561. The van der Waals surface area contributed by atoms with E-state index >= 15 is 0 Å².